The number of nitrogens with zero attached hydrogens (tertiary/aromatic N) is 1. The SMILES string of the molecule is CN(C)[C@@H](CNC(=O)Nc1cc(C(N)=O)ccc1F)C1CCCCC1. The summed E-state index contributed by atoms with van der Waals surface area (Å²) in [5, 5.41) is 5.26. The third-order valence-corrected chi connectivity index (χ3v) is 4.83. The molecular formula is C18H27FN4O2. The summed E-state index contributed by atoms with van der Waals surface area (Å²) in [6, 6.07) is 3.38. The molecule has 0 aliphatic heterocycles. The number of primary amides is 1. The lowest BCUT2D eigenvalue weighted by Crippen LogP contribution is -2.46. The van der Waals surface area contributed by atoms with E-state index in [0.29, 0.717) is 12.5 Å². The number of carbonyl (C=O) groups excluding carboxylic acids is 2. The third-order valence-electron chi connectivity index (χ3n) is 4.83. The molecule has 4 N–H and O–H groups in total. The number of hydrogen-bond acceptors (Lipinski definition) is 3. The standard InChI is InChI=1S/C18H27FN4O2/c1-23(2)16(12-6-4-3-5-7-12)11-21-18(25)22-15-10-13(17(20)24)8-9-14(15)19/h8-10,12,16H,3-7,11H2,1-2H3,(H2,20,24)(H2,21,22,25)/t16-/m0/s1. The van der Waals surface area contributed by atoms with Crippen LogP contribution >= 0.6 is 0 Å². The number of likely N-dealkylation sites (N-methyl/N-ethyl adjacent to an activating group) is 1. The smallest absolute Gasteiger partial charge is 0.319 e. The molecule has 1 atom stereocenters. The highest BCUT2D eigenvalue weighted by Crippen LogP contribution is 2.28. The largest absolute Gasteiger partial charge is 0.366 e. The molecular weight excluding hydrogens is 323 g/mol. The van der Waals surface area contributed by atoms with Crippen LogP contribution in [0.4, 0.5) is 14.9 Å². The Balaban J connectivity index is 1.95. The molecule has 0 spiro atoms. The molecule has 1 saturated carbocycles. The number of carbonyl (C=O) groups is 2. The minimum Gasteiger partial charge on any atom is -0.366 e. The van der Waals surface area contributed by atoms with Crippen LogP contribution < -0.4 is 16.4 Å². The highest BCUT2D eigenvalue weighted by atomic mass is 19.1. The van der Waals surface area contributed by atoms with Crippen molar-refractivity contribution in [1.29, 1.82) is 0 Å². The van der Waals surface area contributed by atoms with Crippen molar-refractivity contribution in [2.24, 2.45) is 11.7 Å². The van der Waals surface area contributed by atoms with Gasteiger partial charge in [0.2, 0.25) is 5.91 Å². The maximum Gasteiger partial charge on any atom is 0.319 e. The first-order valence-electron chi connectivity index (χ1n) is 8.69. The average Bonchev–Trinajstić information content (AvgIpc) is 2.57. The highest BCUT2D eigenvalue weighted by molar-refractivity contribution is 5.96. The monoisotopic (exact) mass is 350 g/mol. The van der Waals surface area contributed by atoms with Crippen LogP contribution in [0.3, 0.4) is 0 Å². The van der Waals surface area contributed by atoms with Crippen molar-refractivity contribution < 1.29 is 14.0 Å². The lowest BCUT2D eigenvalue weighted by molar-refractivity contribution is 0.1000. The van der Waals surface area contributed by atoms with E-state index in [-0.39, 0.29) is 17.3 Å². The molecule has 6 nitrogen and oxygen atoms in total. The number of nitrogens with two attached hydrogens (primary N) is 1. The number of nitrogens with one attached hydrogen (secondary N) is 2. The number of urea groups is 1. The zero-order chi connectivity index (χ0) is 18.4. The van der Waals surface area contributed by atoms with Gasteiger partial charge in [0.25, 0.3) is 0 Å². The van der Waals surface area contributed by atoms with Crippen molar-refractivity contribution in [2.75, 3.05) is 26.0 Å². The van der Waals surface area contributed by atoms with Gasteiger partial charge in [0.1, 0.15) is 5.82 Å². The van der Waals surface area contributed by atoms with E-state index in [1.165, 1.54) is 44.2 Å². The van der Waals surface area contributed by atoms with Crippen molar-refractivity contribution in [3.63, 3.8) is 0 Å². The molecule has 2 rings (SSSR count). The van der Waals surface area contributed by atoms with E-state index in [0.717, 1.165) is 6.07 Å². The van der Waals surface area contributed by atoms with Gasteiger partial charge in [0.05, 0.1) is 5.69 Å². The molecule has 0 aromatic heterocycles. The zero-order valence-electron chi connectivity index (χ0n) is 14.8. The minimum atomic E-state index is -0.673. The summed E-state index contributed by atoms with van der Waals surface area (Å²) >= 11 is 0. The number of benzene rings is 1. The molecule has 3 amide bonds. The Morgan fingerprint density at radius 3 is 2.56 bits per heavy atom. The fourth-order valence-corrected chi connectivity index (χ4v) is 3.43. The van der Waals surface area contributed by atoms with Crippen LogP contribution in [-0.2, 0) is 0 Å². The summed E-state index contributed by atoms with van der Waals surface area (Å²) in [5.41, 5.74) is 5.26. The molecule has 0 heterocycles. The van der Waals surface area contributed by atoms with Crippen LogP contribution in [-0.4, -0.2) is 43.5 Å². The fraction of sp³-hybridized carbons (Fsp3) is 0.556. The lowest BCUT2D eigenvalue weighted by Gasteiger charge is -2.34. The van der Waals surface area contributed by atoms with E-state index in [2.05, 4.69) is 15.5 Å². The second-order valence-corrected chi connectivity index (χ2v) is 6.82. The van der Waals surface area contributed by atoms with E-state index < -0.39 is 17.8 Å². The molecule has 0 bridgehead atoms. The van der Waals surface area contributed by atoms with Crippen LogP contribution in [0.25, 0.3) is 0 Å². The average molecular weight is 350 g/mol. The summed E-state index contributed by atoms with van der Waals surface area (Å²) in [5.74, 6) is -0.732. The van der Waals surface area contributed by atoms with Crippen molar-refractivity contribution in [2.45, 2.75) is 38.1 Å². The van der Waals surface area contributed by atoms with E-state index in [4.69, 9.17) is 5.73 Å². The molecule has 1 aromatic carbocycles. The van der Waals surface area contributed by atoms with Gasteiger partial charge < -0.3 is 21.3 Å². The normalized spacial score (nSPS) is 16.5. The molecule has 1 aliphatic carbocycles. The maximum absolute atomic E-state index is 13.8. The van der Waals surface area contributed by atoms with Crippen LogP contribution in [0.2, 0.25) is 0 Å². The van der Waals surface area contributed by atoms with Gasteiger partial charge in [-0.05, 0) is 51.1 Å². The van der Waals surface area contributed by atoms with Crippen molar-refractivity contribution >= 4 is 17.6 Å². The highest BCUT2D eigenvalue weighted by Gasteiger charge is 2.25. The Labute approximate surface area is 147 Å². The van der Waals surface area contributed by atoms with Crippen molar-refractivity contribution in [3.05, 3.63) is 29.6 Å². The number of halogens is 1. The molecule has 0 saturated heterocycles. The van der Waals surface area contributed by atoms with Crippen LogP contribution in [0, 0.1) is 11.7 Å². The Morgan fingerprint density at radius 2 is 1.96 bits per heavy atom. The van der Waals surface area contributed by atoms with Gasteiger partial charge in [0, 0.05) is 18.2 Å². The Morgan fingerprint density at radius 1 is 1.28 bits per heavy atom. The second-order valence-electron chi connectivity index (χ2n) is 6.82. The van der Waals surface area contributed by atoms with Crippen molar-refractivity contribution in [3.8, 4) is 0 Å². The van der Waals surface area contributed by atoms with Crippen LogP contribution in [0.1, 0.15) is 42.5 Å². The minimum absolute atomic E-state index is 0.0622. The molecule has 0 radical (unpaired) electrons. The van der Waals surface area contributed by atoms with E-state index in [9.17, 15) is 14.0 Å². The summed E-state index contributed by atoms with van der Waals surface area (Å²) < 4.78 is 13.8. The van der Waals surface area contributed by atoms with Crippen molar-refractivity contribution in [1.82, 2.24) is 10.2 Å². The van der Waals surface area contributed by atoms with Gasteiger partial charge in [-0.15, -0.1) is 0 Å². The maximum atomic E-state index is 13.8. The lowest BCUT2D eigenvalue weighted by atomic mass is 9.83. The van der Waals surface area contributed by atoms with Gasteiger partial charge in [0.15, 0.2) is 0 Å². The molecule has 1 aromatic rings. The van der Waals surface area contributed by atoms with E-state index in [1.54, 1.807) is 0 Å². The Bertz CT molecular complexity index is 615. The summed E-state index contributed by atoms with van der Waals surface area (Å²) in [7, 11) is 4.02. The van der Waals surface area contributed by atoms with Gasteiger partial charge in [-0.2, -0.15) is 0 Å². The predicted molar refractivity (Wildman–Crippen MR) is 96.0 cm³/mol. The predicted octanol–water partition coefficient (Wildman–Crippen LogP) is 2.56. The summed E-state index contributed by atoms with van der Waals surface area (Å²) in [6.45, 7) is 0.487. The summed E-state index contributed by atoms with van der Waals surface area (Å²) in [6.07, 6.45) is 6.07. The molecule has 1 fully saturated rings. The Hall–Kier alpha value is -2.15. The third kappa shape index (κ3) is 5.42. The van der Waals surface area contributed by atoms with E-state index >= 15 is 0 Å². The van der Waals surface area contributed by atoms with Crippen LogP contribution in [0.15, 0.2) is 18.2 Å². The van der Waals surface area contributed by atoms with Gasteiger partial charge >= 0.3 is 6.03 Å². The topological polar surface area (TPSA) is 87.5 Å². The van der Waals surface area contributed by atoms with Gasteiger partial charge in [-0.1, -0.05) is 19.3 Å². The molecule has 1 aliphatic rings. The number of hydrogen-bond donors (Lipinski definition) is 3. The summed E-state index contributed by atoms with van der Waals surface area (Å²) in [4.78, 5) is 25.4. The first-order chi connectivity index (χ1) is 11.9. The molecule has 0 unspecified atom stereocenters. The molecule has 25 heavy (non-hydrogen) atoms. The fourth-order valence-electron chi connectivity index (χ4n) is 3.43. The van der Waals surface area contributed by atoms with Crippen LogP contribution in [0.5, 0.6) is 0 Å². The van der Waals surface area contributed by atoms with Gasteiger partial charge in [-0.3, -0.25) is 4.79 Å². The second kappa shape index (κ2) is 8.80. The van der Waals surface area contributed by atoms with Gasteiger partial charge in [-0.25, -0.2) is 9.18 Å². The number of amides is 3. The zero-order valence-corrected chi connectivity index (χ0v) is 14.8. The van der Waals surface area contributed by atoms with E-state index in [1.807, 2.05) is 14.1 Å². The Kier molecular flexibility index (Phi) is 6.75. The first-order valence-corrected chi connectivity index (χ1v) is 8.69. The number of rotatable bonds is 6. The molecule has 7 heteroatoms. The first kappa shape index (κ1) is 19.2. The quantitative estimate of drug-likeness (QED) is 0.737. The molecule has 138 valence electrons. The number of anilines is 1.